The molecule has 0 saturated heterocycles. The van der Waals surface area contributed by atoms with Gasteiger partial charge in [0.15, 0.2) is 0 Å². The molecular formula is C10H24N2. The quantitative estimate of drug-likeness (QED) is 0.566. The van der Waals surface area contributed by atoms with Gasteiger partial charge in [-0.1, -0.05) is 26.2 Å². The van der Waals surface area contributed by atoms with Gasteiger partial charge in [-0.05, 0) is 39.5 Å². The minimum absolute atomic E-state index is 0.819. The summed E-state index contributed by atoms with van der Waals surface area (Å²) in [6.07, 6.45) is 6.56. The van der Waals surface area contributed by atoms with Crippen molar-refractivity contribution in [1.82, 2.24) is 4.90 Å². The number of hydrogen-bond acceptors (Lipinski definition) is 2. The Bertz CT molecular complexity index is 83.9. The summed E-state index contributed by atoms with van der Waals surface area (Å²) in [5, 5.41) is 0. The first-order valence-corrected chi connectivity index (χ1v) is 5.20. The van der Waals surface area contributed by atoms with Gasteiger partial charge in [-0.25, -0.2) is 0 Å². The van der Waals surface area contributed by atoms with Crippen molar-refractivity contribution in [2.75, 3.05) is 26.7 Å². The summed E-state index contributed by atoms with van der Waals surface area (Å²) in [7, 11) is 2.18. The Labute approximate surface area is 77.1 Å². The fourth-order valence-corrected chi connectivity index (χ4v) is 1.28. The van der Waals surface area contributed by atoms with Gasteiger partial charge < -0.3 is 10.6 Å². The van der Waals surface area contributed by atoms with E-state index < -0.39 is 0 Å². The Morgan fingerprint density at radius 2 is 1.67 bits per heavy atom. The Morgan fingerprint density at radius 3 is 2.25 bits per heavy atom. The molecule has 12 heavy (non-hydrogen) atoms. The van der Waals surface area contributed by atoms with Crippen LogP contribution in [0.25, 0.3) is 0 Å². The number of nitrogens with two attached hydrogens (primary N) is 1. The maximum atomic E-state index is 5.43. The van der Waals surface area contributed by atoms with Crippen LogP contribution < -0.4 is 5.73 Å². The standard InChI is InChI=1S/C10H24N2/c1-3-4-5-6-9-12(2)10-7-8-11/h3-11H2,1-2H3. The first-order chi connectivity index (χ1) is 5.81. The molecule has 0 spiro atoms. The van der Waals surface area contributed by atoms with Crippen molar-refractivity contribution in [2.24, 2.45) is 5.73 Å². The largest absolute Gasteiger partial charge is 0.330 e. The highest BCUT2D eigenvalue weighted by Crippen LogP contribution is 2.00. The molecule has 0 aliphatic rings. The molecule has 74 valence electrons. The smallest absolute Gasteiger partial charge is 0.000977 e. The average molecular weight is 172 g/mol. The summed E-state index contributed by atoms with van der Waals surface area (Å²) < 4.78 is 0. The van der Waals surface area contributed by atoms with Crippen LogP contribution in [0.2, 0.25) is 0 Å². The molecule has 0 aliphatic carbocycles. The van der Waals surface area contributed by atoms with Crippen LogP contribution in [0, 0.1) is 0 Å². The Morgan fingerprint density at radius 1 is 1.00 bits per heavy atom. The van der Waals surface area contributed by atoms with Gasteiger partial charge in [0.05, 0.1) is 0 Å². The average Bonchev–Trinajstić information content (AvgIpc) is 2.09. The molecule has 2 nitrogen and oxygen atoms in total. The summed E-state index contributed by atoms with van der Waals surface area (Å²) >= 11 is 0. The van der Waals surface area contributed by atoms with Gasteiger partial charge >= 0.3 is 0 Å². The highest BCUT2D eigenvalue weighted by atomic mass is 15.1. The lowest BCUT2D eigenvalue weighted by Crippen LogP contribution is -2.22. The molecule has 0 rings (SSSR count). The minimum atomic E-state index is 0.819. The Balaban J connectivity index is 3.02. The molecule has 2 N–H and O–H groups in total. The van der Waals surface area contributed by atoms with Gasteiger partial charge in [0, 0.05) is 0 Å². The molecule has 0 atom stereocenters. The van der Waals surface area contributed by atoms with Gasteiger partial charge in [0.1, 0.15) is 0 Å². The Hall–Kier alpha value is -0.0800. The molecule has 0 aromatic carbocycles. The van der Waals surface area contributed by atoms with Crippen LogP contribution in [0.4, 0.5) is 0 Å². The molecule has 0 radical (unpaired) electrons. The summed E-state index contributed by atoms with van der Waals surface area (Å²) in [5.74, 6) is 0. The van der Waals surface area contributed by atoms with E-state index >= 15 is 0 Å². The second kappa shape index (κ2) is 9.01. The maximum Gasteiger partial charge on any atom is -0.000977 e. The van der Waals surface area contributed by atoms with E-state index in [9.17, 15) is 0 Å². The van der Waals surface area contributed by atoms with Crippen molar-refractivity contribution in [3.8, 4) is 0 Å². The SMILES string of the molecule is CCCCCCN(C)CCCN. The van der Waals surface area contributed by atoms with Crippen molar-refractivity contribution in [3.05, 3.63) is 0 Å². The molecule has 0 aromatic rings. The van der Waals surface area contributed by atoms with E-state index in [1.165, 1.54) is 32.2 Å². The second-order valence-corrected chi connectivity index (χ2v) is 3.51. The third kappa shape index (κ3) is 8.02. The van der Waals surface area contributed by atoms with Crippen LogP contribution in [0.5, 0.6) is 0 Å². The molecule has 0 saturated carbocycles. The van der Waals surface area contributed by atoms with Crippen molar-refractivity contribution < 1.29 is 0 Å². The van der Waals surface area contributed by atoms with Crippen LogP contribution in [-0.2, 0) is 0 Å². The fourth-order valence-electron chi connectivity index (χ4n) is 1.28. The highest BCUT2D eigenvalue weighted by molar-refractivity contribution is 4.52. The van der Waals surface area contributed by atoms with E-state index in [4.69, 9.17) is 5.73 Å². The molecule has 0 heterocycles. The van der Waals surface area contributed by atoms with Crippen LogP contribution in [0.15, 0.2) is 0 Å². The molecular weight excluding hydrogens is 148 g/mol. The van der Waals surface area contributed by atoms with Crippen molar-refractivity contribution in [1.29, 1.82) is 0 Å². The highest BCUT2D eigenvalue weighted by Gasteiger charge is 1.95. The number of nitrogens with zero attached hydrogens (tertiary/aromatic N) is 1. The number of unbranched alkanes of at least 4 members (excludes halogenated alkanes) is 3. The van der Waals surface area contributed by atoms with E-state index in [1.807, 2.05) is 0 Å². The molecule has 0 fully saturated rings. The van der Waals surface area contributed by atoms with Crippen molar-refractivity contribution >= 4 is 0 Å². The van der Waals surface area contributed by atoms with Crippen LogP contribution in [-0.4, -0.2) is 31.6 Å². The topological polar surface area (TPSA) is 29.3 Å². The van der Waals surface area contributed by atoms with Crippen LogP contribution in [0.1, 0.15) is 39.0 Å². The summed E-state index contributed by atoms with van der Waals surface area (Å²) in [6.45, 7) is 5.46. The predicted molar refractivity (Wildman–Crippen MR) is 55.3 cm³/mol. The third-order valence-corrected chi connectivity index (χ3v) is 2.14. The van der Waals surface area contributed by atoms with Gasteiger partial charge in [-0.2, -0.15) is 0 Å². The summed E-state index contributed by atoms with van der Waals surface area (Å²) in [6, 6.07) is 0. The number of hydrogen-bond donors (Lipinski definition) is 1. The normalized spacial score (nSPS) is 11.0. The van der Waals surface area contributed by atoms with Crippen LogP contribution in [0.3, 0.4) is 0 Å². The lowest BCUT2D eigenvalue weighted by Gasteiger charge is -2.15. The molecule has 0 unspecified atom stereocenters. The lowest BCUT2D eigenvalue weighted by atomic mass is 10.2. The first-order valence-electron chi connectivity index (χ1n) is 5.20. The zero-order valence-electron chi connectivity index (χ0n) is 8.68. The lowest BCUT2D eigenvalue weighted by molar-refractivity contribution is 0.322. The van der Waals surface area contributed by atoms with E-state index in [-0.39, 0.29) is 0 Å². The van der Waals surface area contributed by atoms with Crippen molar-refractivity contribution in [2.45, 2.75) is 39.0 Å². The van der Waals surface area contributed by atoms with Crippen LogP contribution >= 0.6 is 0 Å². The fraction of sp³-hybridized carbons (Fsp3) is 1.00. The molecule has 0 bridgehead atoms. The van der Waals surface area contributed by atoms with Gasteiger partial charge in [0.25, 0.3) is 0 Å². The molecule has 0 aromatic heterocycles. The summed E-state index contributed by atoms with van der Waals surface area (Å²) in [4.78, 5) is 2.38. The molecule has 0 amide bonds. The summed E-state index contributed by atoms with van der Waals surface area (Å²) in [5.41, 5.74) is 5.43. The maximum absolute atomic E-state index is 5.43. The van der Waals surface area contributed by atoms with E-state index in [2.05, 4.69) is 18.9 Å². The predicted octanol–water partition coefficient (Wildman–Crippen LogP) is 1.85. The van der Waals surface area contributed by atoms with E-state index in [0.717, 1.165) is 19.5 Å². The van der Waals surface area contributed by atoms with E-state index in [1.54, 1.807) is 0 Å². The van der Waals surface area contributed by atoms with Gasteiger partial charge in [0.2, 0.25) is 0 Å². The molecule has 0 aliphatic heterocycles. The second-order valence-electron chi connectivity index (χ2n) is 3.51. The zero-order chi connectivity index (χ0) is 9.23. The van der Waals surface area contributed by atoms with E-state index in [0.29, 0.717) is 0 Å². The Kier molecular flexibility index (Phi) is 8.95. The molecule has 2 heteroatoms. The minimum Gasteiger partial charge on any atom is -0.330 e. The number of rotatable bonds is 8. The third-order valence-electron chi connectivity index (χ3n) is 2.14. The van der Waals surface area contributed by atoms with Gasteiger partial charge in [-0.3, -0.25) is 0 Å². The van der Waals surface area contributed by atoms with Crippen molar-refractivity contribution in [3.63, 3.8) is 0 Å². The first kappa shape index (κ1) is 11.9. The van der Waals surface area contributed by atoms with Gasteiger partial charge in [-0.15, -0.1) is 0 Å². The zero-order valence-corrected chi connectivity index (χ0v) is 8.68. The monoisotopic (exact) mass is 172 g/mol.